The zero-order valence-corrected chi connectivity index (χ0v) is 18.2. The number of carboxylic acids is 3. The predicted molar refractivity (Wildman–Crippen MR) is 118 cm³/mol. The number of carbonyl (C=O) groups is 3. The van der Waals surface area contributed by atoms with Crippen LogP contribution in [-0.2, 0) is 11.3 Å². The molecule has 0 spiro atoms. The minimum atomic E-state index is -1.22. The lowest BCUT2D eigenvalue weighted by molar-refractivity contribution is -0.139. The first-order valence-corrected chi connectivity index (χ1v) is 10.4. The third-order valence-electron chi connectivity index (χ3n) is 4.14. The van der Waals surface area contributed by atoms with Crippen molar-refractivity contribution >= 4 is 50.9 Å². The number of anilines is 1. The zero-order chi connectivity index (χ0) is 22.5. The topological polar surface area (TPSA) is 133 Å². The van der Waals surface area contributed by atoms with Crippen LogP contribution >= 0.6 is 27.3 Å². The van der Waals surface area contributed by atoms with E-state index in [1.807, 2.05) is 18.2 Å². The van der Waals surface area contributed by atoms with Gasteiger partial charge in [-0.3, -0.25) is 0 Å². The maximum atomic E-state index is 11.6. The first kappa shape index (κ1) is 22.3. The first-order valence-electron chi connectivity index (χ1n) is 8.83. The van der Waals surface area contributed by atoms with Crippen LogP contribution in [0.3, 0.4) is 0 Å². The molecule has 0 aliphatic carbocycles. The molecule has 0 saturated heterocycles. The van der Waals surface area contributed by atoms with Crippen LogP contribution in [0, 0.1) is 0 Å². The Morgan fingerprint density at radius 1 is 1.00 bits per heavy atom. The molecule has 0 amide bonds. The molecule has 0 atom stereocenters. The van der Waals surface area contributed by atoms with Crippen molar-refractivity contribution in [1.82, 2.24) is 0 Å². The van der Waals surface area contributed by atoms with Gasteiger partial charge in [-0.25, -0.2) is 14.4 Å². The monoisotopic (exact) mass is 505 g/mol. The van der Waals surface area contributed by atoms with Gasteiger partial charge in [0.2, 0.25) is 0 Å². The molecule has 3 rings (SSSR count). The van der Waals surface area contributed by atoms with Crippen LogP contribution in [0.15, 0.2) is 53.0 Å². The van der Waals surface area contributed by atoms with Gasteiger partial charge in [0.1, 0.15) is 0 Å². The standard InChI is InChI=1S/C21H16BrNO7S/c22-16-17(30-10-15(24)25)19(21(28)29)31-18(16)12-4-2-6-14(8-12)23-9-11-3-1-5-13(7-11)20(26)27/h1-8,23H,9-10H2,(H,24,25)(H,26,27)(H,28,29). The smallest absolute Gasteiger partial charge is 0.349 e. The normalized spacial score (nSPS) is 10.5. The Labute approximate surface area is 188 Å². The number of hydrogen-bond donors (Lipinski definition) is 4. The van der Waals surface area contributed by atoms with E-state index in [1.54, 1.807) is 24.3 Å². The van der Waals surface area contributed by atoms with Crippen LogP contribution in [0.5, 0.6) is 5.75 Å². The molecular formula is C21H16BrNO7S. The number of aromatic carboxylic acids is 2. The molecule has 31 heavy (non-hydrogen) atoms. The molecule has 1 heterocycles. The summed E-state index contributed by atoms with van der Waals surface area (Å²) < 4.78 is 5.54. The fraction of sp³-hybridized carbons (Fsp3) is 0.0952. The fourth-order valence-electron chi connectivity index (χ4n) is 2.77. The van der Waals surface area contributed by atoms with Crippen molar-refractivity contribution in [3.63, 3.8) is 0 Å². The number of hydrogen-bond acceptors (Lipinski definition) is 6. The highest BCUT2D eigenvalue weighted by molar-refractivity contribution is 9.10. The van der Waals surface area contributed by atoms with Gasteiger partial charge in [-0.05, 0) is 51.3 Å². The number of halogens is 1. The first-order chi connectivity index (χ1) is 14.8. The number of thiophene rings is 1. The highest BCUT2D eigenvalue weighted by atomic mass is 79.9. The van der Waals surface area contributed by atoms with Crippen molar-refractivity contribution in [1.29, 1.82) is 0 Å². The number of carboxylic acid groups (broad SMARTS) is 3. The van der Waals surface area contributed by atoms with E-state index in [0.717, 1.165) is 22.6 Å². The second kappa shape index (κ2) is 9.63. The molecule has 0 bridgehead atoms. The van der Waals surface area contributed by atoms with Crippen LogP contribution in [-0.4, -0.2) is 39.8 Å². The summed E-state index contributed by atoms with van der Waals surface area (Å²) in [5.41, 5.74) is 2.43. The van der Waals surface area contributed by atoms with Gasteiger partial charge in [-0.15, -0.1) is 11.3 Å². The van der Waals surface area contributed by atoms with Crippen LogP contribution in [0.4, 0.5) is 5.69 Å². The molecule has 8 nitrogen and oxygen atoms in total. The molecule has 0 aliphatic heterocycles. The van der Waals surface area contributed by atoms with Gasteiger partial charge in [-0.1, -0.05) is 24.3 Å². The lowest BCUT2D eigenvalue weighted by Crippen LogP contribution is -2.11. The molecular weight excluding hydrogens is 490 g/mol. The summed E-state index contributed by atoms with van der Waals surface area (Å²) in [6.07, 6.45) is 0. The maximum Gasteiger partial charge on any atom is 0.349 e. The van der Waals surface area contributed by atoms with Gasteiger partial charge in [0.05, 0.1) is 14.9 Å². The van der Waals surface area contributed by atoms with E-state index in [0.29, 0.717) is 21.5 Å². The van der Waals surface area contributed by atoms with E-state index < -0.39 is 24.5 Å². The molecule has 4 N–H and O–H groups in total. The lowest BCUT2D eigenvalue weighted by atomic mass is 10.1. The lowest BCUT2D eigenvalue weighted by Gasteiger charge is -2.09. The van der Waals surface area contributed by atoms with Gasteiger partial charge in [-0.2, -0.15) is 0 Å². The average molecular weight is 506 g/mol. The highest BCUT2D eigenvalue weighted by Gasteiger charge is 2.24. The van der Waals surface area contributed by atoms with Gasteiger partial charge < -0.3 is 25.4 Å². The van der Waals surface area contributed by atoms with Crippen LogP contribution in [0.1, 0.15) is 25.6 Å². The SMILES string of the molecule is O=C(O)COc1c(C(=O)O)sc(-c2cccc(NCc3cccc(C(=O)O)c3)c2)c1Br. The number of benzene rings is 2. The van der Waals surface area contributed by atoms with Crippen molar-refractivity contribution in [2.24, 2.45) is 0 Å². The highest BCUT2D eigenvalue weighted by Crippen LogP contribution is 2.46. The van der Waals surface area contributed by atoms with Gasteiger partial charge in [0, 0.05) is 12.2 Å². The summed E-state index contributed by atoms with van der Waals surface area (Å²) in [4.78, 5) is 34.0. The predicted octanol–water partition coefficient (Wildman–Crippen LogP) is 4.65. The van der Waals surface area contributed by atoms with E-state index in [2.05, 4.69) is 21.2 Å². The molecule has 0 fully saturated rings. The molecule has 10 heteroatoms. The Bertz CT molecular complexity index is 1160. The van der Waals surface area contributed by atoms with Crippen molar-refractivity contribution in [2.75, 3.05) is 11.9 Å². The number of aliphatic carboxylic acids is 1. The second-order valence-corrected chi connectivity index (χ2v) is 8.14. The summed E-state index contributed by atoms with van der Waals surface area (Å²) in [6, 6.07) is 13.8. The summed E-state index contributed by atoms with van der Waals surface area (Å²) in [5, 5.41) is 30.6. The molecule has 160 valence electrons. The number of nitrogens with one attached hydrogen (secondary N) is 1. The van der Waals surface area contributed by atoms with Crippen LogP contribution in [0.25, 0.3) is 10.4 Å². The largest absolute Gasteiger partial charge is 0.479 e. The van der Waals surface area contributed by atoms with Crippen molar-refractivity contribution in [3.05, 3.63) is 69.0 Å². The molecule has 0 saturated carbocycles. The maximum absolute atomic E-state index is 11.6. The molecule has 0 unspecified atom stereocenters. The van der Waals surface area contributed by atoms with Gasteiger partial charge in [0.25, 0.3) is 0 Å². The average Bonchev–Trinajstić information content (AvgIpc) is 3.07. The second-order valence-electron chi connectivity index (χ2n) is 6.33. The van der Waals surface area contributed by atoms with Gasteiger partial charge >= 0.3 is 17.9 Å². The minimum absolute atomic E-state index is 0.0289. The van der Waals surface area contributed by atoms with Crippen molar-refractivity contribution in [3.8, 4) is 16.2 Å². The molecule has 0 aliphatic rings. The Morgan fingerprint density at radius 2 is 1.74 bits per heavy atom. The Morgan fingerprint density at radius 3 is 2.42 bits per heavy atom. The molecule has 0 radical (unpaired) electrons. The van der Waals surface area contributed by atoms with Crippen molar-refractivity contribution in [2.45, 2.75) is 6.54 Å². The van der Waals surface area contributed by atoms with Crippen LogP contribution < -0.4 is 10.1 Å². The number of ether oxygens (including phenoxy) is 1. The zero-order valence-electron chi connectivity index (χ0n) is 15.8. The quantitative estimate of drug-likeness (QED) is 0.330. The Kier molecular flexibility index (Phi) is 6.93. The minimum Gasteiger partial charge on any atom is -0.479 e. The molecule has 1 aromatic heterocycles. The summed E-state index contributed by atoms with van der Waals surface area (Å²) in [6.45, 7) is -0.268. The Hall–Kier alpha value is -3.37. The third kappa shape index (κ3) is 5.41. The molecule has 2 aromatic carbocycles. The summed E-state index contributed by atoms with van der Waals surface area (Å²) in [5.74, 6) is -3.46. The number of rotatable bonds is 9. The van der Waals surface area contributed by atoms with E-state index in [9.17, 15) is 19.5 Å². The summed E-state index contributed by atoms with van der Waals surface area (Å²) in [7, 11) is 0. The summed E-state index contributed by atoms with van der Waals surface area (Å²) >= 11 is 4.30. The third-order valence-corrected chi connectivity index (χ3v) is 6.37. The van der Waals surface area contributed by atoms with Crippen LogP contribution in [0.2, 0.25) is 0 Å². The fourth-order valence-corrected chi connectivity index (χ4v) is 4.66. The van der Waals surface area contributed by atoms with E-state index in [1.165, 1.54) is 6.07 Å². The molecule has 3 aromatic rings. The van der Waals surface area contributed by atoms with E-state index in [-0.39, 0.29) is 16.2 Å². The van der Waals surface area contributed by atoms with E-state index in [4.69, 9.17) is 14.9 Å². The van der Waals surface area contributed by atoms with E-state index >= 15 is 0 Å². The van der Waals surface area contributed by atoms with Crippen molar-refractivity contribution < 1.29 is 34.4 Å². The van der Waals surface area contributed by atoms with Gasteiger partial charge in [0.15, 0.2) is 17.2 Å². The Balaban J connectivity index is 1.85.